The van der Waals surface area contributed by atoms with Crippen molar-refractivity contribution in [3.05, 3.63) is 17.5 Å². The fraction of sp³-hybridized carbons (Fsp3) is 0.571. The molecule has 1 aromatic heterocycles. The van der Waals surface area contributed by atoms with Crippen LogP contribution in [0.4, 0.5) is 0 Å². The molecule has 0 saturated heterocycles. The average molecular weight is 140 g/mol. The van der Waals surface area contributed by atoms with Crippen molar-refractivity contribution in [2.75, 3.05) is 6.54 Å². The quantitative estimate of drug-likeness (QED) is 0.677. The fourth-order valence-electron chi connectivity index (χ4n) is 0.845. The van der Waals surface area contributed by atoms with E-state index in [4.69, 9.17) is 10.3 Å². The molecular formula is C7H12N2O. The molecule has 0 fully saturated rings. The van der Waals surface area contributed by atoms with Gasteiger partial charge in [-0.2, -0.15) is 0 Å². The first-order valence-electron chi connectivity index (χ1n) is 3.44. The highest BCUT2D eigenvalue weighted by molar-refractivity contribution is 5.12. The summed E-state index contributed by atoms with van der Waals surface area (Å²) in [6.07, 6.45) is 3.67. The fourth-order valence-corrected chi connectivity index (χ4v) is 0.845. The Balaban J connectivity index is 2.49. The highest BCUT2D eigenvalue weighted by Gasteiger charge is 1.99. The Bertz CT molecular complexity index is 195. The van der Waals surface area contributed by atoms with Crippen molar-refractivity contribution >= 4 is 0 Å². The smallest absolute Gasteiger partial charge is 0.127 e. The minimum absolute atomic E-state index is 0.727. The highest BCUT2D eigenvalue weighted by atomic mass is 16.5. The zero-order chi connectivity index (χ0) is 7.40. The molecule has 1 heterocycles. The second-order valence-corrected chi connectivity index (χ2v) is 2.32. The van der Waals surface area contributed by atoms with Gasteiger partial charge in [0.1, 0.15) is 6.26 Å². The van der Waals surface area contributed by atoms with Crippen LogP contribution in [-0.4, -0.2) is 11.7 Å². The summed E-state index contributed by atoms with van der Waals surface area (Å²) in [5, 5.41) is 3.75. The van der Waals surface area contributed by atoms with Crippen molar-refractivity contribution in [3.8, 4) is 0 Å². The minimum atomic E-state index is 0.727. The molecular weight excluding hydrogens is 128 g/mol. The molecule has 2 N–H and O–H groups in total. The van der Waals surface area contributed by atoms with Crippen LogP contribution in [0.25, 0.3) is 0 Å². The van der Waals surface area contributed by atoms with Gasteiger partial charge in [0.15, 0.2) is 0 Å². The number of hydrogen-bond donors (Lipinski definition) is 1. The normalized spacial score (nSPS) is 10.2. The molecule has 0 atom stereocenters. The van der Waals surface area contributed by atoms with E-state index in [1.807, 2.05) is 6.92 Å². The van der Waals surface area contributed by atoms with Crippen molar-refractivity contribution in [2.24, 2.45) is 5.73 Å². The average Bonchev–Trinajstić information content (AvgIpc) is 2.31. The molecule has 0 bridgehead atoms. The van der Waals surface area contributed by atoms with Gasteiger partial charge in [-0.3, -0.25) is 0 Å². The molecule has 0 unspecified atom stereocenters. The lowest BCUT2D eigenvalue weighted by Gasteiger charge is -1.92. The van der Waals surface area contributed by atoms with E-state index < -0.39 is 0 Å². The van der Waals surface area contributed by atoms with Gasteiger partial charge in [0.05, 0.1) is 5.69 Å². The number of rotatable bonds is 3. The third-order valence-corrected chi connectivity index (χ3v) is 1.50. The largest absolute Gasteiger partial charge is 0.364 e. The summed E-state index contributed by atoms with van der Waals surface area (Å²) in [6.45, 7) is 2.67. The van der Waals surface area contributed by atoms with E-state index in [9.17, 15) is 0 Å². The molecule has 56 valence electrons. The Morgan fingerprint density at radius 1 is 1.70 bits per heavy atom. The van der Waals surface area contributed by atoms with Crippen LogP contribution in [0, 0.1) is 6.92 Å². The lowest BCUT2D eigenvalue weighted by molar-refractivity contribution is 0.414. The molecule has 0 spiro atoms. The first-order chi connectivity index (χ1) is 4.84. The summed E-state index contributed by atoms with van der Waals surface area (Å²) in [5.74, 6) is 0. The molecule has 0 aliphatic rings. The van der Waals surface area contributed by atoms with Gasteiger partial charge in [0, 0.05) is 5.56 Å². The molecule has 0 radical (unpaired) electrons. The van der Waals surface area contributed by atoms with Crippen molar-refractivity contribution in [3.63, 3.8) is 0 Å². The van der Waals surface area contributed by atoms with E-state index in [1.54, 1.807) is 6.26 Å². The maximum absolute atomic E-state index is 5.34. The van der Waals surface area contributed by atoms with E-state index in [2.05, 4.69) is 5.16 Å². The van der Waals surface area contributed by atoms with Gasteiger partial charge >= 0.3 is 0 Å². The minimum Gasteiger partial charge on any atom is -0.364 e. The summed E-state index contributed by atoms with van der Waals surface area (Å²) in [7, 11) is 0. The van der Waals surface area contributed by atoms with Crippen LogP contribution in [0.1, 0.15) is 17.7 Å². The van der Waals surface area contributed by atoms with Gasteiger partial charge in [-0.15, -0.1) is 0 Å². The van der Waals surface area contributed by atoms with Crippen LogP contribution < -0.4 is 5.73 Å². The first-order valence-corrected chi connectivity index (χ1v) is 3.44. The number of aromatic nitrogens is 1. The van der Waals surface area contributed by atoms with Gasteiger partial charge < -0.3 is 10.3 Å². The molecule has 1 rings (SSSR count). The van der Waals surface area contributed by atoms with Crippen molar-refractivity contribution in [1.82, 2.24) is 5.16 Å². The first kappa shape index (κ1) is 7.28. The molecule has 0 amide bonds. The SMILES string of the molecule is Cc1nocc1CCCN. The van der Waals surface area contributed by atoms with Gasteiger partial charge in [0.25, 0.3) is 0 Å². The van der Waals surface area contributed by atoms with Crippen LogP contribution >= 0.6 is 0 Å². The second kappa shape index (κ2) is 3.37. The number of nitrogens with zero attached hydrogens (tertiary/aromatic N) is 1. The van der Waals surface area contributed by atoms with Crippen molar-refractivity contribution in [1.29, 1.82) is 0 Å². The van der Waals surface area contributed by atoms with Crippen LogP contribution in [0.15, 0.2) is 10.8 Å². The van der Waals surface area contributed by atoms with Crippen molar-refractivity contribution < 1.29 is 4.52 Å². The molecule has 1 aromatic rings. The lowest BCUT2D eigenvalue weighted by atomic mass is 10.1. The Kier molecular flexibility index (Phi) is 2.45. The van der Waals surface area contributed by atoms with E-state index in [-0.39, 0.29) is 0 Å². The molecule has 0 aromatic carbocycles. The summed E-state index contributed by atoms with van der Waals surface area (Å²) in [4.78, 5) is 0. The Hall–Kier alpha value is -0.830. The summed E-state index contributed by atoms with van der Waals surface area (Å²) in [6, 6.07) is 0. The third kappa shape index (κ3) is 1.57. The standard InChI is InChI=1S/C7H12N2O/c1-6-7(3-2-4-8)5-10-9-6/h5H,2-4,8H2,1H3. The highest BCUT2D eigenvalue weighted by Crippen LogP contribution is 2.06. The van der Waals surface area contributed by atoms with Gasteiger partial charge in [-0.1, -0.05) is 5.16 Å². The molecule has 3 heteroatoms. The molecule has 0 aliphatic carbocycles. The second-order valence-electron chi connectivity index (χ2n) is 2.32. The third-order valence-electron chi connectivity index (χ3n) is 1.50. The van der Waals surface area contributed by atoms with E-state index in [0.717, 1.165) is 25.1 Å². The van der Waals surface area contributed by atoms with E-state index in [1.165, 1.54) is 5.56 Å². The predicted molar refractivity (Wildman–Crippen MR) is 38.6 cm³/mol. The zero-order valence-electron chi connectivity index (χ0n) is 6.13. The Morgan fingerprint density at radius 3 is 3.00 bits per heavy atom. The van der Waals surface area contributed by atoms with Gasteiger partial charge in [-0.25, -0.2) is 0 Å². The van der Waals surface area contributed by atoms with Gasteiger partial charge in [0.2, 0.25) is 0 Å². The Morgan fingerprint density at radius 2 is 2.50 bits per heavy atom. The van der Waals surface area contributed by atoms with Crippen molar-refractivity contribution in [2.45, 2.75) is 19.8 Å². The molecule has 3 nitrogen and oxygen atoms in total. The summed E-state index contributed by atoms with van der Waals surface area (Å²) < 4.78 is 4.75. The monoisotopic (exact) mass is 140 g/mol. The summed E-state index contributed by atoms with van der Waals surface area (Å²) >= 11 is 0. The number of nitrogens with two attached hydrogens (primary N) is 1. The van der Waals surface area contributed by atoms with Gasteiger partial charge in [-0.05, 0) is 26.3 Å². The topological polar surface area (TPSA) is 52.0 Å². The van der Waals surface area contributed by atoms with Crippen LogP contribution in [-0.2, 0) is 6.42 Å². The van der Waals surface area contributed by atoms with Crippen LogP contribution in [0.5, 0.6) is 0 Å². The van der Waals surface area contributed by atoms with E-state index >= 15 is 0 Å². The Labute approximate surface area is 60.2 Å². The zero-order valence-corrected chi connectivity index (χ0v) is 6.13. The maximum atomic E-state index is 5.34. The number of hydrogen-bond acceptors (Lipinski definition) is 3. The predicted octanol–water partition coefficient (Wildman–Crippen LogP) is 0.874. The lowest BCUT2D eigenvalue weighted by Crippen LogP contribution is -2.00. The number of aryl methyl sites for hydroxylation is 2. The van der Waals surface area contributed by atoms with Crippen LogP contribution in [0.3, 0.4) is 0 Å². The molecule has 10 heavy (non-hydrogen) atoms. The summed E-state index contributed by atoms with van der Waals surface area (Å²) in [5.41, 5.74) is 7.50. The van der Waals surface area contributed by atoms with E-state index in [0.29, 0.717) is 0 Å². The molecule has 0 aliphatic heterocycles. The molecule has 0 saturated carbocycles. The maximum Gasteiger partial charge on any atom is 0.127 e. The van der Waals surface area contributed by atoms with Crippen LogP contribution in [0.2, 0.25) is 0 Å².